The van der Waals surface area contributed by atoms with Gasteiger partial charge in [0, 0.05) is 27.2 Å². The van der Waals surface area contributed by atoms with Crippen LogP contribution in [0.1, 0.15) is 69.4 Å². The summed E-state index contributed by atoms with van der Waals surface area (Å²) in [6.07, 6.45) is 0. The van der Waals surface area contributed by atoms with E-state index in [2.05, 4.69) is 166 Å². The molecule has 8 rings (SSSR count). The quantitative estimate of drug-likeness (QED) is 0.172. The standard InChI is InChI=1S/C48H42N4/c1-29-13-12-14-30(2)45(29)52-42-16-11-10-15-35(42)39-26-34(27-40(46(39)52)36-23-31(28-49)17-20-41(36)50-9)51-43-21-18-32(47(3,4)5)24-37(43)38-25-33(48(6,7)8)19-22-44(38)51/h10-27H,1-8H3. The Bertz CT molecular complexity index is 2760. The molecule has 254 valence electrons. The molecule has 0 fully saturated rings. The van der Waals surface area contributed by atoms with Crippen molar-refractivity contribution in [3.63, 3.8) is 0 Å². The summed E-state index contributed by atoms with van der Waals surface area (Å²) in [5.41, 5.74) is 14.1. The van der Waals surface area contributed by atoms with E-state index in [0.717, 1.165) is 55.3 Å². The van der Waals surface area contributed by atoms with Crippen LogP contribution in [-0.2, 0) is 10.8 Å². The van der Waals surface area contributed by atoms with Gasteiger partial charge in [0.1, 0.15) is 0 Å². The van der Waals surface area contributed by atoms with E-state index in [-0.39, 0.29) is 10.8 Å². The minimum absolute atomic E-state index is 0.00617. The lowest BCUT2D eigenvalue weighted by Gasteiger charge is -2.20. The zero-order chi connectivity index (χ0) is 36.7. The fourth-order valence-electron chi connectivity index (χ4n) is 7.96. The van der Waals surface area contributed by atoms with Gasteiger partial charge < -0.3 is 9.13 Å². The number of aromatic nitrogens is 2. The molecule has 2 aromatic heterocycles. The van der Waals surface area contributed by atoms with Crippen LogP contribution in [-0.4, -0.2) is 9.13 Å². The van der Waals surface area contributed by atoms with Crippen molar-refractivity contribution in [2.24, 2.45) is 0 Å². The molecule has 0 saturated heterocycles. The first-order valence-electron chi connectivity index (χ1n) is 18.0. The third kappa shape index (κ3) is 5.10. The van der Waals surface area contributed by atoms with Crippen molar-refractivity contribution in [3.05, 3.63) is 148 Å². The second-order valence-electron chi connectivity index (χ2n) is 16.2. The van der Waals surface area contributed by atoms with Gasteiger partial charge in [-0.3, -0.25) is 0 Å². The highest BCUT2D eigenvalue weighted by Crippen LogP contribution is 2.45. The van der Waals surface area contributed by atoms with Crippen molar-refractivity contribution >= 4 is 49.3 Å². The third-order valence-electron chi connectivity index (χ3n) is 10.7. The summed E-state index contributed by atoms with van der Waals surface area (Å²) in [5.74, 6) is 0. The summed E-state index contributed by atoms with van der Waals surface area (Å²) in [7, 11) is 0. The number of nitriles is 1. The summed E-state index contributed by atoms with van der Waals surface area (Å²) < 4.78 is 4.77. The molecule has 6 aromatic carbocycles. The van der Waals surface area contributed by atoms with E-state index in [1.54, 1.807) is 12.1 Å². The number of hydrogen-bond acceptors (Lipinski definition) is 1. The average molecular weight is 675 g/mol. The molecule has 0 amide bonds. The summed E-state index contributed by atoms with van der Waals surface area (Å²) in [5, 5.41) is 14.7. The fourth-order valence-corrected chi connectivity index (χ4v) is 7.96. The molecule has 52 heavy (non-hydrogen) atoms. The van der Waals surface area contributed by atoms with Crippen LogP contribution in [0.3, 0.4) is 0 Å². The monoisotopic (exact) mass is 674 g/mol. The van der Waals surface area contributed by atoms with Crippen LogP contribution in [0.5, 0.6) is 0 Å². The van der Waals surface area contributed by atoms with Gasteiger partial charge in [-0.25, -0.2) is 4.85 Å². The number of rotatable bonds is 3. The Hall–Kier alpha value is -6.10. The summed E-state index contributed by atoms with van der Waals surface area (Å²) in [6, 6.07) is 41.2. The molecular formula is C48H42N4. The molecule has 0 aliphatic rings. The van der Waals surface area contributed by atoms with Crippen molar-refractivity contribution in [2.45, 2.75) is 66.2 Å². The molecule has 0 unspecified atom stereocenters. The number of benzene rings is 6. The van der Waals surface area contributed by atoms with Gasteiger partial charge in [0.2, 0.25) is 0 Å². The largest absolute Gasteiger partial charge is 0.309 e. The van der Waals surface area contributed by atoms with E-state index in [9.17, 15) is 5.26 Å². The zero-order valence-corrected chi connectivity index (χ0v) is 31.2. The number of fused-ring (bicyclic) bond motifs is 6. The van der Waals surface area contributed by atoms with E-state index < -0.39 is 0 Å². The molecule has 2 heterocycles. The minimum Gasteiger partial charge on any atom is -0.309 e. The molecule has 4 nitrogen and oxygen atoms in total. The second kappa shape index (κ2) is 11.7. The predicted molar refractivity (Wildman–Crippen MR) is 218 cm³/mol. The zero-order valence-electron chi connectivity index (χ0n) is 31.2. The third-order valence-corrected chi connectivity index (χ3v) is 10.7. The Kier molecular flexibility index (Phi) is 7.46. The molecule has 0 radical (unpaired) electrons. The van der Waals surface area contributed by atoms with Crippen molar-refractivity contribution in [3.8, 4) is 28.6 Å². The Morgan fingerprint density at radius 1 is 0.577 bits per heavy atom. The van der Waals surface area contributed by atoms with Gasteiger partial charge in [-0.05, 0) is 107 Å². The van der Waals surface area contributed by atoms with Crippen LogP contribution < -0.4 is 0 Å². The van der Waals surface area contributed by atoms with E-state index in [0.29, 0.717) is 11.3 Å². The molecule has 0 N–H and O–H groups in total. The molecule has 0 aliphatic carbocycles. The lowest BCUT2D eigenvalue weighted by Crippen LogP contribution is -2.10. The molecule has 0 saturated carbocycles. The molecular weight excluding hydrogens is 633 g/mol. The van der Waals surface area contributed by atoms with E-state index in [4.69, 9.17) is 6.57 Å². The molecule has 4 heteroatoms. The Balaban J connectivity index is 1.59. The SMILES string of the molecule is [C-]#[N+]c1ccc(C#N)cc1-c1cc(-n2c3ccc(C(C)(C)C)cc3c3cc(C(C)(C)C)ccc32)cc2c3ccccc3n(-c3c(C)cccc3C)c12. The number of aryl methyl sites for hydroxylation is 2. The Morgan fingerprint density at radius 3 is 1.75 bits per heavy atom. The highest BCUT2D eigenvalue weighted by atomic mass is 15.0. The Morgan fingerprint density at radius 2 is 1.17 bits per heavy atom. The lowest BCUT2D eigenvalue weighted by atomic mass is 9.85. The highest BCUT2D eigenvalue weighted by Gasteiger charge is 2.25. The first-order valence-corrected chi connectivity index (χ1v) is 18.0. The van der Waals surface area contributed by atoms with Gasteiger partial charge in [-0.15, -0.1) is 0 Å². The molecule has 0 bridgehead atoms. The summed E-state index contributed by atoms with van der Waals surface area (Å²) in [6.45, 7) is 26.2. The highest BCUT2D eigenvalue weighted by molar-refractivity contribution is 6.16. The van der Waals surface area contributed by atoms with Gasteiger partial charge in [0.25, 0.3) is 0 Å². The van der Waals surface area contributed by atoms with Crippen LogP contribution in [0.2, 0.25) is 0 Å². The molecule has 0 aliphatic heterocycles. The van der Waals surface area contributed by atoms with Crippen molar-refractivity contribution in [1.82, 2.24) is 9.13 Å². The van der Waals surface area contributed by atoms with E-state index in [1.165, 1.54) is 33.0 Å². The van der Waals surface area contributed by atoms with Gasteiger partial charge in [0.05, 0.1) is 46.0 Å². The maximum absolute atomic E-state index is 10.1. The normalized spacial score (nSPS) is 12.2. The minimum atomic E-state index is -0.00617. The second-order valence-corrected chi connectivity index (χ2v) is 16.2. The van der Waals surface area contributed by atoms with Gasteiger partial charge in [0.15, 0.2) is 5.69 Å². The van der Waals surface area contributed by atoms with Gasteiger partial charge >= 0.3 is 0 Å². The number of hydrogen-bond donors (Lipinski definition) is 0. The van der Waals surface area contributed by atoms with Crippen LogP contribution in [0.15, 0.2) is 109 Å². The molecule has 0 atom stereocenters. The molecule has 0 spiro atoms. The summed E-state index contributed by atoms with van der Waals surface area (Å²) >= 11 is 0. The first-order chi connectivity index (χ1) is 24.8. The maximum Gasteiger partial charge on any atom is 0.195 e. The average Bonchev–Trinajstić information content (AvgIpc) is 3.62. The summed E-state index contributed by atoms with van der Waals surface area (Å²) in [4.78, 5) is 4.00. The van der Waals surface area contributed by atoms with Crippen molar-refractivity contribution in [1.29, 1.82) is 5.26 Å². The fraction of sp³-hybridized carbons (Fsp3) is 0.208. The number of nitrogens with zero attached hydrogens (tertiary/aromatic N) is 4. The number of para-hydroxylation sites is 2. The van der Waals surface area contributed by atoms with Crippen molar-refractivity contribution in [2.75, 3.05) is 0 Å². The van der Waals surface area contributed by atoms with Crippen LogP contribution in [0.25, 0.3) is 71.0 Å². The van der Waals surface area contributed by atoms with Crippen molar-refractivity contribution < 1.29 is 0 Å². The van der Waals surface area contributed by atoms with Crippen LogP contribution in [0, 0.1) is 31.8 Å². The van der Waals surface area contributed by atoms with Gasteiger partial charge in [-0.2, -0.15) is 5.26 Å². The van der Waals surface area contributed by atoms with E-state index >= 15 is 0 Å². The maximum atomic E-state index is 10.1. The smallest absolute Gasteiger partial charge is 0.195 e. The van der Waals surface area contributed by atoms with E-state index in [1.807, 2.05) is 6.07 Å². The van der Waals surface area contributed by atoms with Crippen LogP contribution >= 0.6 is 0 Å². The Labute approximate surface area is 306 Å². The van der Waals surface area contributed by atoms with Gasteiger partial charge in [-0.1, -0.05) is 102 Å². The predicted octanol–water partition coefficient (Wildman–Crippen LogP) is 13.2. The lowest BCUT2D eigenvalue weighted by molar-refractivity contribution is 0.590. The first kappa shape index (κ1) is 33.1. The molecule has 8 aromatic rings. The topological polar surface area (TPSA) is 38.0 Å². The van der Waals surface area contributed by atoms with Crippen LogP contribution in [0.4, 0.5) is 5.69 Å².